The first-order valence-corrected chi connectivity index (χ1v) is 3.63. The maximum atomic E-state index is 8.94. The summed E-state index contributed by atoms with van der Waals surface area (Å²) in [5.41, 5.74) is 0.182. The van der Waals surface area contributed by atoms with Gasteiger partial charge in [-0.2, -0.15) is 0 Å². The predicted octanol–water partition coefficient (Wildman–Crippen LogP) is -1.22. The normalized spacial score (nSPS) is 9.54. The Balaban J connectivity index is 3.10. The Morgan fingerprint density at radius 1 is 1.31 bits per heavy atom. The van der Waals surface area contributed by atoms with Crippen LogP contribution in [0.1, 0.15) is 0 Å². The molecule has 0 spiro atoms. The molecule has 0 fully saturated rings. The van der Waals surface area contributed by atoms with Crippen LogP contribution in [0.2, 0.25) is 0 Å². The fraction of sp³-hybridized carbons (Fsp3) is 0.286. The van der Waals surface area contributed by atoms with E-state index in [2.05, 4.69) is 4.98 Å². The van der Waals surface area contributed by atoms with Gasteiger partial charge < -0.3 is 19.5 Å². The summed E-state index contributed by atoms with van der Waals surface area (Å²) in [6, 6.07) is 1.45. The highest BCUT2D eigenvalue weighted by atomic mass is 16.5. The van der Waals surface area contributed by atoms with Crippen LogP contribution in [-0.2, 0) is 0 Å². The van der Waals surface area contributed by atoms with Crippen molar-refractivity contribution in [3.8, 4) is 11.6 Å². The Labute approximate surface area is 76.1 Å². The van der Waals surface area contributed by atoms with E-state index in [1.807, 2.05) is 0 Å². The monoisotopic (exact) mass is 183 g/mol. The topological polar surface area (TPSA) is 71.8 Å². The van der Waals surface area contributed by atoms with Gasteiger partial charge in [-0.05, 0) is 6.07 Å². The average molecular weight is 183 g/mol. The third-order valence-electron chi connectivity index (χ3n) is 1.56. The van der Waals surface area contributed by atoms with E-state index in [1.54, 1.807) is 0 Å². The lowest BCUT2D eigenvalue weighted by atomic mass is 9.81. The van der Waals surface area contributed by atoms with Crippen LogP contribution >= 0.6 is 0 Å². The lowest BCUT2D eigenvalue weighted by Gasteiger charge is -2.07. The van der Waals surface area contributed by atoms with Crippen molar-refractivity contribution < 1.29 is 19.5 Å². The predicted molar refractivity (Wildman–Crippen MR) is 47.2 cm³/mol. The van der Waals surface area contributed by atoms with Gasteiger partial charge in [0.2, 0.25) is 5.88 Å². The van der Waals surface area contributed by atoms with Crippen LogP contribution in [0, 0.1) is 0 Å². The number of ether oxygens (including phenoxy) is 2. The highest BCUT2D eigenvalue weighted by Gasteiger charge is 2.18. The zero-order valence-electron chi connectivity index (χ0n) is 7.39. The molecule has 70 valence electrons. The van der Waals surface area contributed by atoms with Gasteiger partial charge >= 0.3 is 7.12 Å². The zero-order valence-corrected chi connectivity index (χ0v) is 7.39. The lowest BCUT2D eigenvalue weighted by Crippen LogP contribution is -2.31. The van der Waals surface area contributed by atoms with Crippen LogP contribution in [0.3, 0.4) is 0 Å². The first-order valence-electron chi connectivity index (χ1n) is 3.63. The number of hydrogen-bond donors (Lipinski definition) is 2. The molecule has 0 bridgehead atoms. The highest BCUT2D eigenvalue weighted by Crippen LogP contribution is 2.10. The molecule has 6 heteroatoms. The minimum Gasteiger partial charge on any atom is -0.495 e. The Bertz CT molecular complexity index is 292. The van der Waals surface area contributed by atoms with Crippen molar-refractivity contribution in [2.75, 3.05) is 14.2 Å². The van der Waals surface area contributed by atoms with Crippen molar-refractivity contribution in [1.82, 2.24) is 4.98 Å². The lowest BCUT2D eigenvalue weighted by molar-refractivity contribution is 0.382. The summed E-state index contributed by atoms with van der Waals surface area (Å²) in [7, 11) is 1.26. The van der Waals surface area contributed by atoms with Crippen molar-refractivity contribution in [3.63, 3.8) is 0 Å². The van der Waals surface area contributed by atoms with Gasteiger partial charge in [0.25, 0.3) is 0 Å². The Kier molecular flexibility index (Phi) is 3.10. The molecule has 0 saturated heterocycles. The van der Waals surface area contributed by atoms with Gasteiger partial charge in [0, 0.05) is 5.46 Å². The average Bonchev–Trinajstić information content (AvgIpc) is 2.16. The van der Waals surface area contributed by atoms with E-state index in [1.165, 1.54) is 26.5 Å². The van der Waals surface area contributed by atoms with E-state index in [0.29, 0.717) is 5.75 Å². The Morgan fingerprint density at radius 3 is 2.46 bits per heavy atom. The SMILES string of the molecule is COc1cnc(OC)c(B(O)O)c1. The quantitative estimate of drug-likeness (QED) is 0.574. The third kappa shape index (κ3) is 2.10. The molecule has 1 rings (SSSR count). The smallest absolute Gasteiger partial charge is 0.494 e. The number of pyridine rings is 1. The summed E-state index contributed by atoms with van der Waals surface area (Å²) >= 11 is 0. The molecule has 1 heterocycles. The summed E-state index contributed by atoms with van der Waals surface area (Å²) in [5, 5.41) is 17.9. The van der Waals surface area contributed by atoms with E-state index in [9.17, 15) is 0 Å². The maximum absolute atomic E-state index is 8.94. The summed E-state index contributed by atoms with van der Waals surface area (Å²) in [6.07, 6.45) is 1.44. The fourth-order valence-electron chi connectivity index (χ4n) is 0.916. The van der Waals surface area contributed by atoms with Gasteiger partial charge in [0.1, 0.15) is 5.75 Å². The number of nitrogens with zero attached hydrogens (tertiary/aromatic N) is 1. The molecule has 1 aromatic rings. The summed E-state index contributed by atoms with van der Waals surface area (Å²) in [5.74, 6) is 0.625. The Morgan fingerprint density at radius 2 is 2.00 bits per heavy atom. The van der Waals surface area contributed by atoms with Crippen LogP contribution in [0.15, 0.2) is 12.3 Å². The molecule has 0 aromatic carbocycles. The number of aromatic nitrogens is 1. The van der Waals surface area contributed by atoms with Gasteiger partial charge in [-0.3, -0.25) is 0 Å². The Hall–Kier alpha value is -1.27. The molecule has 0 aliphatic heterocycles. The van der Waals surface area contributed by atoms with Gasteiger partial charge in [0.15, 0.2) is 0 Å². The van der Waals surface area contributed by atoms with E-state index in [0.717, 1.165) is 0 Å². The molecule has 0 radical (unpaired) electrons. The van der Waals surface area contributed by atoms with E-state index in [4.69, 9.17) is 19.5 Å². The second kappa shape index (κ2) is 4.11. The van der Waals surface area contributed by atoms with E-state index in [-0.39, 0.29) is 11.3 Å². The second-order valence-electron chi connectivity index (χ2n) is 2.35. The van der Waals surface area contributed by atoms with E-state index >= 15 is 0 Å². The van der Waals surface area contributed by atoms with Crippen molar-refractivity contribution >= 4 is 12.6 Å². The first kappa shape index (κ1) is 9.82. The third-order valence-corrected chi connectivity index (χ3v) is 1.56. The van der Waals surface area contributed by atoms with Crippen molar-refractivity contribution in [2.24, 2.45) is 0 Å². The molecule has 0 unspecified atom stereocenters. The molecule has 0 aliphatic rings. The summed E-state index contributed by atoms with van der Waals surface area (Å²) in [4.78, 5) is 3.82. The number of hydrogen-bond acceptors (Lipinski definition) is 5. The molecule has 0 aliphatic carbocycles. The zero-order chi connectivity index (χ0) is 9.84. The molecule has 2 N–H and O–H groups in total. The maximum Gasteiger partial charge on any atom is 0.494 e. The first-order chi connectivity index (χ1) is 6.19. The van der Waals surface area contributed by atoms with Crippen LogP contribution in [0.5, 0.6) is 11.6 Å². The van der Waals surface area contributed by atoms with E-state index < -0.39 is 7.12 Å². The minimum atomic E-state index is -1.61. The van der Waals surface area contributed by atoms with Crippen molar-refractivity contribution in [2.45, 2.75) is 0 Å². The van der Waals surface area contributed by atoms with Crippen LogP contribution in [-0.4, -0.2) is 36.4 Å². The molecule has 1 aromatic heterocycles. The molecule has 0 saturated carbocycles. The number of rotatable bonds is 3. The molecule has 0 amide bonds. The summed E-state index contributed by atoms with van der Waals surface area (Å²) in [6.45, 7) is 0. The van der Waals surface area contributed by atoms with Gasteiger partial charge in [0.05, 0.1) is 20.4 Å². The molecular formula is C7H10BNO4. The van der Waals surface area contributed by atoms with Crippen LogP contribution in [0.25, 0.3) is 0 Å². The standard InChI is InChI=1S/C7H10BNO4/c1-12-5-3-6(8(10)11)7(13-2)9-4-5/h3-4,10-11H,1-2H3. The molecular weight excluding hydrogens is 173 g/mol. The largest absolute Gasteiger partial charge is 0.495 e. The van der Waals surface area contributed by atoms with Crippen molar-refractivity contribution in [1.29, 1.82) is 0 Å². The fourth-order valence-corrected chi connectivity index (χ4v) is 0.916. The van der Waals surface area contributed by atoms with Gasteiger partial charge in [-0.25, -0.2) is 4.98 Å². The minimum absolute atomic E-state index is 0.177. The molecule has 5 nitrogen and oxygen atoms in total. The summed E-state index contributed by atoms with van der Waals surface area (Å²) < 4.78 is 9.68. The number of methoxy groups -OCH3 is 2. The molecule has 0 atom stereocenters. The second-order valence-corrected chi connectivity index (χ2v) is 2.35. The van der Waals surface area contributed by atoms with Gasteiger partial charge in [-0.15, -0.1) is 0 Å². The van der Waals surface area contributed by atoms with Crippen LogP contribution in [0.4, 0.5) is 0 Å². The van der Waals surface area contributed by atoms with Crippen molar-refractivity contribution in [3.05, 3.63) is 12.3 Å². The van der Waals surface area contributed by atoms with Gasteiger partial charge in [-0.1, -0.05) is 0 Å². The van der Waals surface area contributed by atoms with Crippen LogP contribution < -0.4 is 14.9 Å². The highest BCUT2D eigenvalue weighted by molar-refractivity contribution is 6.59. The molecule has 13 heavy (non-hydrogen) atoms.